The lowest BCUT2D eigenvalue weighted by molar-refractivity contribution is -0.120. The van der Waals surface area contributed by atoms with Crippen molar-refractivity contribution in [3.8, 4) is 0 Å². The van der Waals surface area contributed by atoms with E-state index in [4.69, 9.17) is 0 Å². The Bertz CT molecular complexity index is 490. The van der Waals surface area contributed by atoms with Crippen LogP contribution in [0.15, 0.2) is 22.7 Å². The molecule has 0 saturated carbocycles. The second kappa shape index (κ2) is 7.80. The number of amides is 1. The van der Waals surface area contributed by atoms with E-state index in [2.05, 4.69) is 63.5 Å². The molecule has 21 heavy (non-hydrogen) atoms. The van der Waals surface area contributed by atoms with Crippen molar-refractivity contribution in [1.29, 1.82) is 0 Å². The highest BCUT2D eigenvalue weighted by Gasteiger charge is 2.16. The number of rotatable bonds is 5. The number of anilines is 1. The molecule has 1 saturated heterocycles. The highest BCUT2D eigenvalue weighted by Crippen LogP contribution is 2.25. The summed E-state index contributed by atoms with van der Waals surface area (Å²) in [6.45, 7) is 8.64. The molecule has 1 amide bonds. The van der Waals surface area contributed by atoms with Crippen LogP contribution in [0.5, 0.6) is 0 Å². The highest BCUT2D eigenvalue weighted by atomic mass is 79.9. The van der Waals surface area contributed by atoms with Gasteiger partial charge in [0.25, 0.3) is 0 Å². The maximum Gasteiger partial charge on any atom is 0.221 e. The molecule has 4 nitrogen and oxygen atoms in total. The zero-order valence-corrected chi connectivity index (χ0v) is 14.4. The van der Waals surface area contributed by atoms with Crippen LogP contribution in [-0.2, 0) is 11.3 Å². The van der Waals surface area contributed by atoms with E-state index in [9.17, 15) is 4.79 Å². The van der Waals surface area contributed by atoms with Gasteiger partial charge in [-0.25, -0.2) is 0 Å². The molecule has 1 fully saturated rings. The largest absolute Gasteiger partial charge is 0.369 e. The maximum absolute atomic E-state index is 11.5. The maximum atomic E-state index is 11.5. The van der Waals surface area contributed by atoms with E-state index in [1.807, 2.05) is 0 Å². The number of halogens is 1. The molecule has 0 radical (unpaired) electrons. The van der Waals surface area contributed by atoms with Crippen molar-refractivity contribution in [3.05, 3.63) is 28.2 Å². The van der Waals surface area contributed by atoms with Crippen molar-refractivity contribution in [2.45, 2.75) is 26.8 Å². The van der Waals surface area contributed by atoms with Crippen LogP contribution in [-0.4, -0.2) is 32.1 Å². The zero-order valence-electron chi connectivity index (χ0n) is 12.8. The summed E-state index contributed by atoms with van der Waals surface area (Å²) >= 11 is 3.55. The fourth-order valence-corrected chi connectivity index (χ4v) is 2.92. The lowest BCUT2D eigenvalue weighted by atomic mass is 10.1. The van der Waals surface area contributed by atoms with Crippen molar-refractivity contribution in [3.63, 3.8) is 0 Å². The minimum atomic E-state index is 0.147. The predicted molar refractivity (Wildman–Crippen MR) is 90.5 cm³/mol. The lowest BCUT2D eigenvalue weighted by Gasteiger charge is -2.25. The van der Waals surface area contributed by atoms with Gasteiger partial charge in [0.15, 0.2) is 0 Å². The Kier molecular flexibility index (Phi) is 6.06. The number of nitrogens with one attached hydrogen (secondary N) is 2. The predicted octanol–water partition coefficient (Wildman–Crippen LogP) is 2.52. The first-order valence-corrected chi connectivity index (χ1v) is 8.36. The van der Waals surface area contributed by atoms with E-state index >= 15 is 0 Å². The van der Waals surface area contributed by atoms with Gasteiger partial charge in [0.05, 0.1) is 0 Å². The first-order valence-electron chi connectivity index (χ1n) is 7.57. The molecule has 5 heteroatoms. The fraction of sp³-hybridized carbons (Fsp3) is 0.562. The molecule has 2 N–H and O–H groups in total. The van der Waals surface area contributed by atoms with Crippen LogP contribution < -0.4 is 15.5 Å². The molecule has 0 spiro atoms. The van der Waals surface area contributed by atoms with Crippen LogP contribution in [0.25, 0.3) is 0 Å². The fourth-order valence-electron chi connectivity index (χ4n) is 2.51. The molecule has 1 aromatic rings. The Morgan fingerprint density at radius 1 is 1.38 bits per heavy atom. The van der Waals surface area contributed by atoms with E-state index in [0.29, 0.717) is 18.9 Å². The van der Waals surface area contributed by atoms with Crippen LogP contribution >= 0.6 is 15.9 Å². The summed E-state index contributed by atoms with van der Waals surface area (Å²) in [4.78, 5) is 13.8. The summed E-state index contributed by atoms with van der Waals surface area (Å²) in [5.41, 5.74) is 2.50. The number of carbonyl (C=O) groups is 1. The number of hydrogen-bond donors (Lipinski definition) is 2. The third kappa shape index (κ3) is 5.00. The van der Waals surface area contributed by atoms with Crippen molar-refractivity contribution in [2.24, 2.45) is 5.92 Å². The molecule has 0 atom stereocenters. The minimum Gasteiger partial charge on any atom is -0.369 e. The van der Waals surface area contributed by atoms with Crippen LogP contribution in [0.2, 0.25) is 0 Å². The van der Waals surface area contributed by atoms with Gasteiger partial charge in [-0.3, -0.25) is 4.79 Å². The summed E-state index contributed by atoms with van der Waals surface area (Å²) in [5, 5.41) is 6.43. The van der Waals surface area contributed by atoms with Gasteiger partial charge in [-0.05, 0) is 36.2 Å². The molecule has 116 valence electrons. The van der Waals surface area contributed by atoms with E-state index in [-0.39, 0.29) is 5.91 Å². The minimum absolute atomic E-state index is 0.147. The van der Waals surface area contributed by atoms with Gasteiger partial charge >= 0.3 is 0 Å². The molecule has 1 aliphatic heterocycles. The highest BCUT2D eigenvalue weighted by molar-refractivity contribution is 9.10. The van der Waals surface area contributed by atoms with Crippen LogP contribution in [0.4, 0.5) is 5.69 Å². The molecule has 2 rings (SSSR count). The van der Waals surface area contributed by atoms with E-state index in [0.717, 1.165) is 30.7 Å². The molecule has 0 aromatic heterocycles. The van der Waals surface area contributed by atoms with Gasteiger partial charge in [0.2, 0.25) is 5.91 Å². The molecular formula is C16H24BrN3O. The standard InChI is InChI=1S/C16H24BrN3O/c1-12(2)10-18-11-13-9-14(17)3-4-15(13)20-7-5-16(21)19-6-8-20/h3-4,9,12,18H,5-8,10-11H2,1-2H3,(H,19,21). The molecule has 0 unspecified atom stereocenters. The van der Waals surface area contributed by atoms with Gasteiger partial charge in [0, 0.05) is 42.8 Å². The lowest BCUT2D eigenvalue weighted by Crippen LogP contribution is -2.30. The van der Waals surface area contributed by atoms with Crippen LogP contribution in [0.1, 0.15) is 25.8 Å². The third-order valence-electron chi connectivity index (χ3n) is 3.56. The van der Waals surface area contributed by atoms with E-state index < -0.39 is 0 Å². The molecule has 1 aromatic carbocycles. The number of nitrogens with zero attached hydrogens (tertiary/aromatic N) is 1. The van der Waals surface area contributed by atoms with Crippen LogP contribution in [0, 0.1) is 5.92 Å². The molecular weight excluding hydrogens is 330 g/mol. The molecule has 1 heterocycles. The van der Waals surface area contributed by atoms with E-state index in [1.54, 1.807) is 0 Å². The number of carbonyl (C=O) groups excluding carboxylic acids is 1. The first-order chi connectivity index (χ1) is 10.1. The Balaban J connectivity index is 2.11. The Labute approximate surface area is 135 Å². The summed E-state index contributed by atoms with van der Waals surface area (Å²) in [7, 11) is 0. The van der Waals surface area contributed by atoms with Gasteiger partial charge in [0.1, 0.15) is 0 Å². The number of hydrogen-bond acceptors (Lipinski definition) is 3. The first kappa shape index (κ1) is 16.3. The van der Waals surface area contributed by atoms with Crippen molar-refractivity contribution >= 4 is 27.5 Å². The number of benzene rings is 1. The summed E-state index contributed by atoms with van der Waals surface area (Å²) < 4.78 is 1.09. The van der Waals surface area contributed by atoms with Crippen molar-refractivity contribution < 1.29 is 4.79 Å². The average Bonchev–Trinajstić information content (AvgIpc) is 2.63. The summed E-state index contributed by atoms with van der Waals surface area (Å²) in [6, 6.07) is 6.39. The third-order valence-corrected chi connectivity index (χ3v) is 4.06. The van der Waals surface area contributed by atoms with Crippen molar-refractivity contribution in [2.75, 3.05) is 31.1 Å². The Hall–Kier alpha value is -1.07. The topological polar surface area (TPSA) is 44.4 Å². The van der Waals surface area contributed by atoms with Gasteiger partial charge in [-0.1, -0.05) is 29.8 Å². The quantitative estimate of drug-likeness (QED) is 0.854. The summed E-state index contributed by atoms with van der Waals surface area (Å²) in [5.74, 6) is 0.787. The van der Waals surface area contributed by atoms with Crippen LogP contribution in [0.3, 0.4) is 0 Å². The second-order valence-electron chi connectivity index (χ2n) is 5.88. The smallest absolute Gasteiger partial charge is 0.221 e. The monoisotopic (exact) mass is 353 g/mol. The van der Waals surface area contributed by atoms with Gasteiger partial charge in [-0.15, -0.1) is 0 Å². The van der Waals surface area contributed by atoms with Gasteiger partial charge < -0.3 is 15.5 Å². The Morgan fingerprint density at radius 3 is 2.95 bits per heavy atom. The average molecular weight is 354 g/mol. The molecule has 0 bridgehead atoms. The molecule has 1 aliphatic rings. The van der Waals surface area contributed by atoms with Gasteiger partial charge in [-0.2, -0.15) is 0 Å². The SMILES string of the molecule is CC(C)CNCc1cc(Br)ccc1N1CCNC(=O)CC1. The Morgan fingerprint density at radius 2 is 2.19 bits per heavy atom. The second-order valence-corrected chi connectivity index (χ2v) is 6.80. The van der Waals surface area contributed by atoms with Crippen molar-refractivity contribution in [1.82, 2.24) is 10.6 Å². The molecule has 0 aliphatic carbocycles. The summed E-state index contributed by atoms with van der Waals surface area (Å²) in [6.07, 6.45) is 0.564. The van der Waals surface area contributed by atoms with E-state index in [1.165, 1.54) is 11.3 Å². The normalized spacial score (nSPS) is 16.0. The zero-order chi connectivity index (χ0) is 15.2.